The summed E-state index contributed by atoms with van der Waals surface area (Å²) in [5, 5.41) is 6.40. The number of nitrogens with one attached hydrogen (secondary N) is 2. The molecule has 2 rings (SSSR count). The van der Waals surface area contributed by atoms with Gasteiger partial charge in [-0.3, -0.25) is 4.79 Å². The zero-order valence-corrected chi connectivity index (χ0v) is 15.0. The van der Waals surface area contributed by atoms with E-state index in [1.54, 1.807) is 0 Å². The van der Waals surface area contributed by atoms with Gasteiger partial charge in [0, 0.05) is 18.6 Å². The molecule has 2 aliphatic heterocycles. The summed E-state index contributed by atoms with van der Waals surface area (Å²) < 4.78 is 25.9. The summed E-state index contributed by atoms with van der Waals surface area (Å²) in [6.07, 6.45) is 3.79. The van der Waals surface area contributed by atoms with E-state index in [1.165, 1.54) is 4.31 Å². The monoisotopic (exact) mass is 353 g/mol. The Morgan fingerprint density at radius 1 is 1.36 bits per heavy atom. The number of nitrogens with zero attached hydrogens (tertiary/aromatic N) is 1. The van der Waals surface area contributed by atoms with Crippen LogP contribution in [0.1, 0.15) is 46.0 Å². The van der Waals surface area contributed by atoms with Crippen molar-refractivity contribution in [2.75, 3.05) is 18.8 Å². The maximum atomic E-state index is 12.4. The Hall–Kier alpha value is -0.370. The van der Waals surface area contributed by atoms with E-state index in [-0.39, 0.29) is 30.1 Å². The van der Waals surface area contributed by atoms with Crippen LogP contribution in [-0.4, -0.2) is 55.6 Å². The van der Waals surface area contributed by atoms with E-state index < -0.39 is 16.1 Å². The first kappa shape index (κ1) is 19.7. The molecule has 2 heterocycles. The highest BCUT2D eigenvalue weighted by Crippen LogP contribution is 2.22. The normalized spacial score (nSPS) is 29.8. The number of sulfonamides is 1. The zero-order chi connectivity index (χ0) is 15.5. The zero-order valence-electron chi connectivity index (χ0n) is 13.4. The first-order valence-corrected chi connectivity index (χ1v) is 9.58. The molecule has 2 aliphatic rings. The highest BCUT2D eigenvalue weighted by atomic mass is 35.5. The van der Waals surface area contributed by atoms with Gasteiger partial charge >= 0.3 is 0 Å². The number of hydrogen-bond donors (Lipinski definition) is 2. The van der Waals surface area contributed by atoms with Gasteiger partial charge in [0.05, 0.1) is 5.75 Å². The van der Waals surface area contributed by atoms with E-state index in [4.69, 9.17) is 0 Å². The molecule has 1 amide bonds. The van der Waals surface area contributed by atoms with E-state index in [0.29, 0.717) is 25.4 Å². The molecule has 0 spiro atoms. The van der Waals surface area contributed by atoms with E-state index in [1.807, 2.05) is 6.92 Å². The lowest BCUT2D eigenvalue weighted by atomic mass is 10.0. The highest BCUT2D eigenvalue weighted by Gasteiger charge is 2.38. The maximum Gasteiger partial charge on any atom is 0.238 e. The van der Waals surface area contributed by atoms with E-state index in [0.717, 1.165) is 25.8 Å². The molecule has 6 nitrogen and oxygen atoms in total. The van der Waals surface area contributed by atoms with Crippen LogP contribution in [0.15, 0.2) is 0 Å². The molecule has 130 valence electrons. The summed E-state index contributed by atoms with van der Waals surface area (Å²) in [5.41, 5.74) is 0. The average Bonchev–Trinajstić information content (AvgIpc) is 2.88. The molecular formula is C14H28ClN3O3S. The van der Waals surface area contributed by atoms with Crippen LogP contribution >= 0.6 is 12.4 Å². The van der Waals surface area contributed by atoms with Gasteiger partial charge in [0.2, 0.25) is 15.9 Å². The number of carbonyl (C=O) groups excluding carboxylic acids is 1. The Bertz CT molecular complexity index is 472. The second kappa shape index (κ2) is 8.47. The molecule has 0 aromatic rings. The number of hydrogen-bond acceptors (Lipinski definition) is 4. The van der Waals surface area contributed by atoms with E-state index in [9.17, 15) is 13.2 Å². The van der Waals surface area contributed by atoms with Crippen molar-refractivity contribution in [2.24, 2.45) is 0 Å². The van der Waals surface area contributed by atoms with Crippen molar-refractivity contribution in [2.45, 2.75) is 64.1 Å². The van der Waals surface area contributed by atoms with Gasteiger partial charge < -0.3 is 10.6 Å². The van der Waals surface area contributed by atoms with Crippen molar-refractivity contribution >= 4 is 28.3 Å². The largest absolute Gasteiger partial charge is 0.352 e. The van der Waals surface area contributed by atoms with Crippen LogP contribution in [-0.2, 0) is 14.8 Å². The lowest BCUT2D eigenvalue weighted by Gasteiger charge is -2.31. The third-order valence-corrected chi connectivity index (χ3v) is 6.37. The number of rotatable bonds is 5. The Morgan fingerprint density at radius 2 is 2.09 bits per heavy atom. The van der Waals surface area contributed by atoms with Gasteiger partial charge in [-0.25, -0.2) is 8.42 Å². The van der Waals surface area contributed by atoms with Crippen LogP contribution in [0, 0.1) is 0 Å². The first-order chi connectivity index (χ1) is 9.94. The summed E-state index contributed by atoms with van der Waals surface area (Å²) in [5.74, 6) is 0.00697. The van der Waals surface area contributed by atoms with Crippen LogP contribution in [0.4, 0.5) is 0 Å². The molecular weight excluding hydrogens is 326 g/mol. The number of halogens is 1. The summed E-state index contributed by atoms with van der Waals surface area (Å²) in [4.78, 5) is 12.4. The minimum absolute atomic E-state index is 0. The second-order valence-corrected chi connectivity index (χ2v) is 8.21. The molecule has 2 N–H and O–H groups in total. The quantitative estimate of drug-likeness (QED) is 0.768. The van der Waals surface area contributed by atoms with Gasteiger partial charge in [-0.2, -0.15) is 4.31 Å². The van der Waals surface area contributed by atoms with Gasteiger partial charge in [0.25, 0.3) is 0 Å². The van der Waals surface area contributed by atoms with Gasteiger partial charge in [0.15, 0.2) is 0 Å². The van der Waals surface area contributed by atoms with Crippen LogP contribution in [0.5, 0.6) is 0 Å². The fourth-order valence-electron chi connectivity index (χ4n) is 3.27. The van der Waals surface area contributed by atoms with Crippen molar-refractivity contribution in [3.8, 4) is 0 Å². The standard InChI is InChI=1S/C14H27N3O3S.ClH/c1-3-9-21(19,20)17-8-4-5-13(17)14(18)16-12-6-7-15-11(2)10-12;/h11-13,15H,3-10H2,1-2H3,(H,16,18);1H. The summed E-state index contributed by atoms with van der Waals surface area (Å²) >= 11 is 0. The molecule has 0 saturated carbocycles. The molecule has 3 unspecified atom stereocenters. The van der Waals surface area contributed by atoms with Gasteiger partial charge in [-0.1, -0.05) is 6.92 Å². The van der Waals surface area contributed by atoms with Crippen LogP contribution in [0.25, 0.3) is 0 Å². The molecule has 22 heavy (non-hydrogen) atoms. The molecule has 2 fully saturated rings. The van der Waals surface area contributed by atoms with Crippen LogP contribution in [0.2, 0.25) is 0 Å². The fraction of sp³-hybridized carbons (Fsp3) is 0.929. The topological polar surface area (TPSA) is 78.5 Å². The highest BCUT2D eigenvalue weighted by molar-refractivity contribution is 7.89. The van der Waals surface area contributed by atoms with Crippen LogP contribution in [0.3, 0.4) is 0 Å². The average molecular weight is 354 g/mol. The smallest absolute Gasteiger partial charge is 0.238 e. The van der Waals surface area contributed by atoms with Gasteiger partial charge in [-0.05, 0) is 45.6 Å². The molecule has 0 bridgehead atoms. The van der Waals surface area contributed by atoms with Gasteiger partial charge in [-0.15, -0.1) is 12.4 Å². The SMILES string of the molecule is CCCS(=O)(=O)N1CCCC1C(=O)NC1CCNC(C)C1.Cl. The number of carbonyl (C=O) groups is 1. The van der Waals surface area contributed by atoms with Crippen molar-refractivity contribution in [3.05, 3.63) is 0 Å². The van der Waals surface area contributed by atoms with Crippen molar-refractivity contribution in [1.29, 1.82) is 0 Å². The van der Waals surface area contributed by atoms with Crippen molar-refractivity contribution < 1.29 is 13.2 Å². The molecule has 0 aromatic heterocycles. The second-order valence-electron chi connectivity index (χ2n) is 6.17. The Balaban J connectivity index is 0.00000242. The predicted octanol–water partition coefficient (Wildman–Crippen LogP) is 0.869. The number of piperidine rings is 1. The molecule has 0 radical (unpaired) electrons. The molecule has 2 saturated heterocycles. The van der Waals surface area contributed by atoms with Crippen LogP contribution < -0.4 is 10.6 Å². The molecule has 8 heteroatoms. The fourth-order valence-corrected chi connectivity index (χ4v) is 5.02. The van der Waals surface area contributed by atoms with Gasteiger partial charge in [0.1, 0.15) is 6.04 Å². The third-order valence-electron chi connectivity index (χ3n) is 4.30. The minimum Gasteiger partial charge on any atom is -0.352 e. The van der Waals surface area contributed by atoms with Crippen molar-refractivity contribution in [1.82, 2.24) is 14.9 Å². The maximum absolute atomic E-state index is 12.4. The van der Waals surface area contributed by atoms with E-state index in [2.05, 4.69) is 17.6 Å². The summed E-state index contributed by atoms with van der Waals surface area (Å²) in [6, 6.07) is 0.0457. The number of amides is 1. The summed E-state index contributed by atoms with van der Waals surface area (Å²) in [6.45, 7) is 5.32. The summed E-state index contributed by atoms with van der Waals surface area (Å²) in [7, 11) is -3.30. The lowest BCUT2D eigenvalue weighted by molar-refractivity contribution is -0.125. The third kappa shape index (κ3) is 4.81. The minimum atomic E-state index is -3.30. The first-order valence-electron chi connectivity index (χ1n) is 7.97. The van der Waals surface area contributed by atoms with E-state index >= 15 is 0 Å². The predicted molar refractivity (Wildman–Crippen MR) is 89.7 cm³/mol. The Morgan fingerprint density at radius 3 is 2.73 bits per heavy atom. The molecule has 3 atom stereocenters. The Kier molecular flexibility index (Phi) is 7.58. The lowest BCUT2D eigenvalue weighted by Crippen LogP contribution is -2.52. The molecule has 0 aliphatic carbocycles. The van der Waals surface area contributed by atoms with Crippen molar-refractivity contribution in [3.63, 3.8) is 0 Å². The Labute approximate surface area is 139 Å². The molecule has 0 aromatic carbocycles.